The van der Waals surface area contributed by atoms with Crippen LogP contribution in [0.25, 0.3) is 87.7 Å². The summed E-state index contributed by atoms with van der Waals surface area (Å²) in [5, 5.41) is 10.3. The van der Waals surface area contributed by atoms with Gasteiger partial charge < -0.3 is 9.13 Å². The van der Waals surface area contributed by atoms with Crippen LogP contribution in [0.15, 0.2) is 158 Å². The predicted molar refractivity (Wildman–Crippen MR) is 208 cm³/mol. The first-order chi connectivity index (χ1) is 24.1. The monoisotopic (exact) mass is 624 g/mol. The predicted octanol–water partition coefficient (Wildman–Crippen LogP) is 12.5. The van der Waals surface area contributed by atoms with Gasteiger partial charge in [-0.1, -0.05) is 129 Å². The van der Waals surface area contributed by atoms with Gasteiger partial charge in [-0.3, -0.25) is 0 Å². The van der Waals surface area contributed by atoms with Crippen molar-refractivity contribution >= 4 is 65.2 Å². The van der Waals surface area contributed by atoms with Gasteiger partial charge in [0.2, 0.25) is 0 Å². The van der Waals surface area contributed by atoms with Gasteiger partial charge in [-0.05, 0) is 75.3 Å². The van der Waals surface area contributed by atoms with Gasteiger partial charge in [0.1, 0.15) is 0 Å². The summed E-state index contributed by atoms with van der Waals surface area (Å²) >= 11 is 0. The fourth-order valence-electron chi connectivity index (χ4n) is 9.10. The molecule has 2 nitrogen and oxygen atoms in total. The molecular weight excluding hydrogens is 593 g/mol. The van der Waals surface area contributed by atoms with Crippen LogP contribution in [0.2, 0.25) is 0 Å². The van der Waals surface area contributed by atoms with E-state index in [1.54, 1.807) is 0 Å². The lowest BCUT2D eigenvalue weighted by atomic mass is 9.68. The van der Waals surface area contributed by atoms with Crippen molar-refractivity contribution < 1.29 is 0 Å². The molecule has 230 valence electrons. The van der Waals surface area contributed by atoms with Crippen molar-refractivity contribution in [3.05, 3.63) is 169 Å². The van der Waals surface area contributed by atoms with Crippen LogP contribution in [-0.4, -0.2) is 9.13 Å². The minimum Gasteiger partial charge on any atom is -0.309 e. The number of benzene rings is 8. The molecule has 0 unspecified atom stereocenters. The minimum absolute atomic E-state index is 0.113. The lowest BCUT2D eigenvalue weighted by Gasteiger charge is -2.35. The molecule has 2 heteroatoms. The Hall–Kier alpha value is -6.12. The first-order valence-electron chi connectivity index (χ1n) is 17.2. The number of fused-ring (bicyclic) bond motifs is 11. The minimum atomic E-state index is -0.113. The van der Waals surface area contributed by atoms with E-state index in [0.717, 1.165) is 0 Å². The summed E-state index contributed by atoms with van der Waals surface area (Å²) in [5.41, 5.74) is 12.6. The molecule has 0 aliphatic heterocycles. The maximum absolute atomic E-state index is 2.59. The highest BCUT2D eigenvalue weighted by Gasteiger charge is 2.35. The van der Waals surface area contributed by atoms with E-state index in [9.17, 15) is 0 Å². The van der Waals surface area contributed by atoms with Crippen LogP contribution in [0.3, 0.4) is 0 Å². The topological polar surface area (TPSA) is 9.86 Å². The van der Waals surface area contributed by atoms with Crippen molar-refractivity contribution in [3.63, 3.8) is 0 Å². The third-order valence-corrected chi connectivity index (χ3v) is 11.2. The highest BCUT2D eigenvalue weighted by Crippen LogP contribution is 2.53. The number of para-hydroxylation sites is 2. The summed E-state index contributed by atoms with van der Waals surface area (Å²) in [6, 6.07) is 58.6. The summed E-state index contributed by atoms with van der Waals surface area (Å²) in [4.78, 5) is 0. The quantitative estimate of drug-likeness (QED) is 0.181. The number of nitrogens with zero attached hydrogens (tertiary/aromatic N) is 2. The van der Waals surface area contributed by atoms with E-state index >= 15 is 0 Å². The molecule has 8 aromatic carbocycles. The van der Waals surface area contributed by atoms with E-state index in [-0.39, 0.29) is 5.41 Å². The second-order valence-electron chi connectivity index (χ2n) is 14.1. The molecule has 2 heterocycles. The van der Waals surface area contributed by atoms with E-state index in [0.29, 0.717) is 0 Å². The maximum atomic E-state index is 2.59. The third kappa shape index (κ3) is 3.45. The molecule has 49 heavy (non-hydrogen) atoms. The van der Waals surface area contributed by atoms with Gasteiger partial charge in [0.15, 0.2) is 0 Å². The van der Waals surface area contributed by atoms with E-state index in [1.807, 2.05) is 0 Å². The maximum Gasteiger partial charge on any atom is 0.0626 e. The van der Waals surface area contributed by atoms with E-state index < -0.39 is 0 Å². The molecule has 10 aromatic rings. The number of aromatic nitrogens is 2. The van der Waals surface area contributed by atoms with Gasteiger partial charge >= 0.3 is 0 Å². The number of hydrogen-bond donors (Lipinski definition) is 0. The zero-order valence-corrected chi connectivity index (χ0v) is 27.4. The van der Waals surface area contributed by atoms with Crippen LogP contribution < -0.4 is 0 Å². The summed E-state index contributed by atoms with van der Waals surface area (Å²) in [6.07, 6.45) is 0. The molecule has 0 radical (unpaired) electrons. The highest BCUT2D eigenvalue weighted by molar-refractivity contribution is 6.26. The average molecular weight is 625 g/mol. The van der Waals surface area contributed by atoms with Crippen LogP contribution in [0, 0.1) is 0 Å². The Balaban J connectivity index is 1.36. The van der Waals surface area contributed by atoms with Crippen molar-refractivity contribution in [3.8, 4) is 22.5 Å². The van der Waals surface area contributed by atoms with Gasteiger partial charge in [0.25, 0.3) is 0 Å². The van der Waals surface area contributed by atoms with Crippen molar-refractivity contribution in [2.75, 3.05) is 0 Å². The van der Waals surface area contributed by atoms with Gasteiger partial charge in [-0.2, -0.15) is 0 Å². The molecule has 0 fully saturated rings. The Morgan fingerprint density at radius 2 is 1.12 bits per heavy atom. The van der Waals surface area contributed by atoms with Crippen LogP contribution in [-0.2, 0) is 5.41 Å². The first kappa shape index (κ1) is 26.9. The van der Waals surface area contributed by atoms with E-state index in [4.69, 9.17) is 0 Å². The molecule has 0 N–H and O–H groups in total. The smallest absolute Gasteiger partial charge is 0.0626 e. The Morgan fingerprint density at radius 3 is 2.02 bits per heavy atom. The van der Waals surface area contributed by atoms with Crippen molar-refractivity contribution in [2.24, 2.45) is 0 Å². The van der Waals surface area contributed by atoms with Gasteiger partial charge in [-0.15, -0.1) is 0 Å². The summed E-state index contributed by atoms with van der Waals surface area (Å²) in [5.74, 6) is 0. The highest BCUT2D eigenvalue weighted by atomic mass is 15.0. The van der Waals surface area contributed by atoms with Crippen molar-refractivity contribution in [1.29, 1.82) is 0 Å². The molecular formula is C47H32N2. The van der Waals surface area contributed by atoms with Crippen LogP contribution in [0.1, 0.15) is 25.0 Å². The summed E-state index contributed by atoms with van der Waals surface area (Å²) in [6.45, 7) is 4.76. The molecule has 1 aliphatic rings. The zero-order chi connectivity index (χ0) is 32.4. The Kier molecular flexibility index (Phi) is 5.21. The fourth-order valence-corrected chi connectivity index (χ4v) is 9.10. The molecule has 0 amide bonds. The van der Waals surface area contributed by atoms with Gasteiger partial charge in [-0.25, -0.2) is 0 Å². The number of hydrogen-bond acceptors (Lipinski definition) is 0. The lowest BCUT2D eigenvalue weighted by molar-refractivity contribution is 0.645. The average Bonchev–Trinajstić information content (AvgIpc) is 3.66. The normalized spacial score (nSPS) is 13.7. The van der Waals surface area contributed by atoms with E-state index in [2.05, 4.69) is 181 Å². The second-order valence-corrected chi connectivity index (χ2v) is 14.1. The Bertz CT molecular complexity index is 3010. The summed E-state index contributed by atoms with van der Waals surface area (Å²) in [7, 11) is 0. The molecule has 11 rings (SSSR count). The standard InChI is InChI=1S/C47H32N2/c1-47(2)39-20-10-8-19-36(39)44-43-30(14-12-21-40(43)47)27-38-35-25-23-29-13-6-7-17-33(29)45(35)49(46(38)44)32-24-26-42-37(28-32)34-18-9-11-22-41(34)48(42)31-15-4-3-5-16-31/h3-28H,1-2H3. The number of rotatable bonds is 2. The molecule has 0 atom stereocenters. The third-order valence-electron chi connectivity index (χ3n) is 11.2. The van der Waals surface area contributed by atoms with E-state index in [1.165, 1.54) is 98.8 Å². The largest absolute Gasteiger partial charge is 0.309 e. The first-order valence-corrected chi connectivity index (χ1v) is 17.2. The molecule has 0 saturated heterocycles. The van der Waals surface area contributed by atoms with Gasteiger partial charge in [0.05, 0.1) is 22.1 Å². The molecule has 2 aromatic heterocycles. The molecule has 0 bridgehead atoms. The summed E-state index contributed by atoms with van der Waals surface area (Å²) < 4.78 is 4.99. The molecule has 0 spiro atoms. The van der Waals surface area contributed by atoms with Crippen molar-refractivity contribution in [2.45, 2.75) is 19.3 Å². The Morgan fingerprint density at radius 1 is 0.408 bits per heavy atom. The molecule has 1 aliphatic carbocycles. The second kappa shape index (κ2) is 9.49. The molecule has 0 saturated carbocycles. The van der Waals surface area contributed by atoms with Crippen LogP contribution in [0.5, 0.6) is 0 Å². The lowest BCUT2D eigenvalue weighted by Crippen LogP contribution is -2.23. The SMILES string of the molecule is CC1(C)c2ccccc2-c2c3c1cccc3cc1c3ccc4ccccc4c3n(-c3ccc4c(c3)c3ccccc3n4-c3ccccc3)c21. The fraction of sp³-hybridized carbons (Fsp3) is 0.0638. The Labute approximate surface area is 284 Å². The zero-order valence-electron chi connectivity index (χ0n) is 27.4. The van der Waals surface area contributed by atoms with Crippen LogP contribution in [0.4, 0.5) is 0 Å². The van der Waals surface area contributed by atoms with Crippen molar-refractivity contribution in [1.82, 2.24) is 9.13 Å². The van der Waals surface area contributed by atoms with Gasteiger partial charge in [0, 0.05) is 49.3 Å². The van der Waals surface area contributed by atoms with Crippen LogP contribution >= 0.6 is 0 Å².